The highest BCUT2D eigenvalue weighted by Crippen LogP contribution is 2.11. The Bertz CT molecular complexity index is 137. The number of halogens is 1. The minimum Gasteiger partial charge on any atom is -0.466 e. The molecule has 2 nitrogen and oxygen atoms in total. The van der Waals surface area contributed by atoms with Gasteiger partial charge in [-0.05, 0) is 19.3 Å². The molecule has 0 radical (unpaired) electrons. The molecule has 0 N–H and O–H groups in total. The van der Waals surface area contributed by atoms with E-state index in [1.165, 1.54) is 6.92 Å². The highest BCUT2D eigenvalue weighted by Gasteiger charge is 2.00. The molecule has 3 heteroatoms. The van der Waals surface area contributed by atoms with Crippen LogP contribution in [0.15, 0.2) is 0 Å². The summed E-state index contributed by atoms with van der Waals surface area (Å²) in [7, 11) is 0. The van der Waals surface area contributed by atoms with Crippen molar-refractivity contribution in [2.45, 2.75) is 51.3 Å². The number of alkyl halides is 1. The molecule has 78 valence electrons. The second kappa shape index (κ2) is 8.36. The molecule has 0 aliphatic carbocycles. The summed E-state index contributed by atoms with van der Waals surface area (Å²) in [5.74, 6) is -0.191. The van der Waals surface area contributed by atoms with Gasteiger partial charge in [-0.3, -0.25) is 4.79 Å². The highest BCUT2D eigenvalue weighted by molar-refractivity contribution is 6.20. The van der Waals surface area contributed by atoms with Crippen LogP contribution < -0.4 is 0 Å². The molecule has 13 heavy (non-hydrogen) atoms. The normalized spacial score (nSPS) is 12.5. The largest absolute Gasteiger partial charge is 0.466 e. The number of hydrogen-bond acceptors (Lipinski definition) is 2. The van der Waals surface area contributed by atoms with Gasteiger partial charge in [-0.2, -0.15) is 0 Å². The summed E-state index contributed by atoms with van der Waals surface area (Å²) in [6, 6.07) is 0. The zero-order chi connectivity index (χ0) is 10.1. The third-order valence-electron chi connectivity index (χ3n) is 1.91. The topological polar surface area (TPSA) is 26.3 Å². The van der Waals surface area contributed by atoms with Gasteiger partial charge in [0.15, 0.2) is 0 Å². The van der Waals surface area contributed by atoms with Gasteiger partial charge < -0.3 is 4.74 Å². The molecule has 0 fully saturated rings. The van der Waals surface area contributed by atoms with E-state index in [1.54, 1.807) is 0 Å². The van der Waals surface area contributed by atoms with E-state index in [4.69, 9.17) is 16.3 Å². The Kier molecular flexibility index (Phi) is 8.21. The maximum atomic E-state index is 10.4. The standard InChI is InChI=1S/C10H19ClO2/c1-3-10(11)7-5-4-6-8-13-9(2)12/h10H,3-8H2,1-2H3. The van der Waals surface area contributed by atoms with Gasteiger partial charge in [-0.25, -0.2) is 0 Å². The first kappa shape index (κ1) is 12.8. The predicted molar refractivity (Wildman–Crippen MR) is 55.0 cm³/mol. The lowest BCUT2D eigenvalue weighted by molar-refractivity contribution is -0.141. The second-order valence-corrected chi connectivity index (χ2v) is 3.81. The fourth-order valence-corrected chi connectivity index (χ4v) is 1.22. The lowest BCUT2D eigenvalue weighted by Crippen LogP contribution is -2.01. The van der Waals surface area contributed by atoms with E-state index in [-0.39, 0.29) is 5.97 Å². The Balaban J connectivity index is 3.04. The van der Waals surface area contributed by atoms with E-state index in [1.807, 2.05) is 0 Å². The van der Waals surface area contributed by atoms with Crippen LogP contribution >= 0.6 is 11.6 Å². The molecule has 0 aliphatic rings. The summed E-state index contributed by atoms with van der Waals surface area (Å²) < 4.78 is 4.80. The molecule has 0 saturated carbocycles. The van der Waals surface area contributed by atoms with E-state index in [9.17, 15) is 4.79 Å². The molecule has 0 amide bonds. The van der Waals surface area contributed by atoms with Crippen LogP contribution in [0.1, 0.15) is 46.0 Å². The zero-order valence-electron chi connectivity index (χ0n) is 8.51. The van der Waals surface area contributed by atoms with E-state index in [0.717, 1.165) is 32.1 Å². The van der Waals surface area contributed by atoms with Crippen LogP contribution in [0.3, 0.4) is 0 Å². The molecular formula is C10H19ClO2. The van der Waals surface area contributed by atoms with Crippen LogP contribution in [0.25, 0.3) is 0 Å². The fourth-order valence-electron chi connectivity index (χ4n) is 1.06. The summed E-state index contributed by atoms with van der Waals surface area (Å²) in [5.41, 5.74) is 0. The lowest BCUT2D eigenvalue weighted by Gasteiger charge is -2.05. The lowest BCUT2D eigenvalue weighted by atomic mass is 10.1. The Morgan fingerprint density at radius 2 is 2.08 bits per heavy atom. The first-order valence-corrected chi connectivity index (χ1v) is 5.38. The van der Waals surface area contributed by atoms with Crippen LogP contribution in [0.5, 0.6) is 0 Å². The van der Waals surface area contributed by atoms with Gasteiger partial charge in [0.05, 0.1) is 6.61 Å². The predicted octanol–water partition coefficient (Wildman–Crippen LogP) is 3.13. The van der Waals surface area contributed by atoms with Crippen LogP contribution in [0, 0.1) is 0 Å². The molecule has 0 aromatic heterocycles. The van der Waals surface area contributed by atoms with Crippen molar-refractivity contribution in [2.75, 3.05) is 6.61 Å². The van der Waals surface area contributed by atoms with Crippen molar-refractivity contribution in [2.24, 2.45) is 0 Å². The number of carbonyl (C=O) groups excluding carboxylic acids is 1. The minimum absolute atomic E-state index is 0.191. The van der Waals surface area contributed by atoms with E-state index < -0.39 is 0 Å². The Labute approximate surface area is 85.6 Å². The van der Waals surface area contributed by atoms with Crippen LogP contribution in [-0.2, 0) is 9.53 Å². The van der Waals surface area contributed by atoms with Gasteiger partial charge in [-0.15, -0.1) is 11.6 Å². The van der Waals surface area contributed by atoms with Crippen LogP contribution in [0.2, 0.25) is 0 Å². The van der Waals surface area contributed by atoms with Crippen LogP contribution in [-0.4, -0.2) is 18.0 Å². The van der Waals surface area contributed by atoms with E-state index in [0.29, 0.717) is 12.0 Å². The average Bonchev–Trinajstić information content (AvgIpc) is 2.10. The molecule has 0 aromatic rings. The maximum Gasteiger partial charge on any atom is 0.302 e. The summed E-state index contributed by atoms with van der Waals surface area (Å²) in [4.78, 5) is 10.4. The summed E-state index contributed by atoms with van der Waals surface area (Å²) in [6.07, 6.45) is 5.27. The van der Waals surface area contributed by atoms with Gasteiger partial charge in [0.2, 0.25) is 0 Å². The smallest absolute Gasteiger partial charge is 0.302 e. The van der Waals surface area contributed by atoms with Gasteiger partial charge in [-0.1, -0.05) is 19.8 Å². The SMILES string of the molecule is CCC(Cl)CCCCCOC(C)=O. The highest BCUT2D eigenvalue weighted by atomic mass is 35.5. The Morgan fingerprint density at radius 1 is 1.38 bits per heavy atom. The van der Waals surface area contributed by atoms with Gasteiger partial charge in [0, 0.05) is 12.3 Å². The Hall–Kier alpha value is -0.240. The Morgan fingerprint density at radius 3 is 2.62 bits per heavy atom. The number of esters is 1. The van der Waals surface area contributed by atoms with E-state index >= 15 is 0 Å². The van der Waals surface area contributed by atoms with Crippen molar-refractivity contribution in [3.63, 3.8) is 0 Å². The number of carbonyl (C=O) groups is 1. The summed E-state index contributed by atoms with van der Waals surface area (Å²) >= 11 is 5.94. The molecule has 0 rings (SSSR count). The summed E-state index contributed by atoms with van der Waals surface area (Å²) in [6.45, 7) is 4.08. The number of rotatable bonds is 7. The number of ether oxygens (including phenoxy) is 1. The maximum absolute atomic E-state index is 10.4. The van der Waals surface area contributed by atoms with Crippen molar-refractivity contribution in [3.8, 4) is 0 Å². The third-order valence-corrected chi connectivity index (χ3v) is 2.44. The van der Waals surface area contributed by atoms with Gasteiger partial charge in [0.25, 0.3) is 0 Å². The summed E-state index contributed by atoms with van der Waals surface area (Å²) in [5, 5.41) is 0.314. The molecule has 0 heterocycles. The van der Waals surface area contributed by atoms with Gasteiger partial charge >= 0.3 is 5.97 Å². The van der Waals surface area contributed by atoms with Crippen molar-refractivity contribution < 1.29 is 9.53 Å². The first-order chi connectivity index (χ1) is 6.16. The third kappa shape index (κ3) is 9.68. The van der Waals surface area contributed by atoms with Crippen molar-refractivity contribution in [1.82, 2.24) is 0 Å². The molecular weight excluding hydrogens is 188 g/mol. The molecule has 0 spiro atoms. The monoisotopic (exact) mass is 206 g/mol. The van der Waals surface area contributed by atoms with Crippen molar-refractivity contribution in [3.05, 3.63) is 0 Å². The van der Waals surface area contributed by atoms with Gasteiger partial charge in [0.1, 0.15) is 0 Å². The average molecular weight is 207 g/mol. The van der Waals surface area contributed by atoms with Crippen molar-refractivity contribution >= 4 is 17.6 Å². The fraction of sp³-hybridized carbons (Fsp3) is 0.900. The number of unbranched alkanes of at least 4 members (excludes halogenated alkanes) is 2. The molecule has 1 unspecified atom stereocenters. The number of hydrogen-bond donors (Lipinski definition) is 0. The van der Waals surface area contributed by atoms with Crippen molar-refractivity contribution in [1.29, 1.82) is 0 Å². The molecule has 1 atom stereocenters. The molecule has 0 aromatic carbocycles. The molecule has 0 saturated heterocycles. The molecule has 0 aliphatic heterocycles. The quantitative estimate of drug-likeness (QED) is 0.364. The first-order valence-electron chi connectivity index (χ1n) is 4.94. The second-order valence-electron chi connectivity index (χ2n) is 3.19. The van der Waals surface area contributed by atoms with E-state index in [2.05, 4.69) is 6.92 Å². The molecule has 0 bridgehead atoms. The van der Waals surface area contributed by atoms with Crippen LogP contribution in [0.4, 0.5) is 0 Å². The minimum atomic E-state index is -0.191. The zero-order valence-corrected chi connectivity index (χ0v) is 9.27.